The minimum Gasteiger partial charge on any atom is -0.362 e. The minimum absolute atomic E-state index is 0.0100. The molecule has 1 aliphatic heterocycles. The number of hydrogen-bond acceptors (Lipinski definition) is 7. The van der Waals surface area contributed by atoms with E-state index in [1.54, 1.807) is 36.4 Å². The van der Waals surface area contributed by atoms with Gasteiger partial charge in [0, 0.05) is 37.0 Å². The summed E-state index contributed by atoms with van der Waals surface area (Å²) in [6.45, 7) is 1.78. The SMILES string of the molecule is N#Cc1ccc(-n2c(Br)cnc2SC(F)(F)C(=O)ON2CCNCC2)c2ccccc12. The van der Waals surface area contributed by atoms with Gasteiger partial charge in [-0.25, -0.2) is 9.78 Å². The number of carbonyl (C=O) groups is 1. The van der Waals surface area contributed by atoms with E-state index in [2.05, 4.69) is 32.3 Å². The fourth-order valence-corrected chi connectivity index (χ4v) is 4.57. The van der Waals surface area contributed by atoms with E-state index < -0.39 is 11.2 Å². The zero-order chi connectivity index (χ0) is 22.0. The molecule has 2 aromatic carbocycles. The summed E-state index contributed by atoms with van der Waals surface area (Å²) in [5.41, 5.74) is 1.02. The third kappa shape index (κ3) is 4.43. The number of halogens is 3. The van der Waals surface area contributed by atoms with Crippen LogP contribution in [0.5, 0.6) is 0 Å². The molecule has 160 valence electrons. The maximum atomic E-state index is 14.7. The number of benzene rings is 2. The smallest absolute Gasteiger partial charge is 0.362 e. The molecule has 3 aromatic rings. The van der Waals surface area contributed by atoms with E-state index in [1.165, 1.54) is 15.8 Å². The number of carbonyl (C=O) groups excluding carboxylic acids is 1. The number of nitrogens with one attached hydrogen (secondary N) is 1. The first-order chi connectivity index (χ1) is 14.9. The normalized spacial score (nSPS) is 15.0. The lowest BCUT2D eigenvalue weighted by molar-refractivity contribution is -0.208. The Labute approximate surface area is 189 Å². The molecule has 1 N–H and O–H groups in total. The van der Waals surface area contributed by atoms with Gasteiger partial charge in [-0.05, 0) is 39.8 Å². The van der Waals surface area contributed by atoms with Gasteiger partial charge in [0.1, 0.15) is 4.60 Å². The number of fused-ring (bicyclic) bond motifs is 1. The van der Waals surface area contributed by atoms with Crippen LogP contribution >= 0.6 is 27.7 Å². The Morgan fingerprint density at radius 2 is 1.94 bits per heavy atom. The number of hydrogen-bond donors (Lipinski definition) is 1. The van der Waals surface area contributed by atoms with Gasteiger partial charge in [0.2, 0.25) is 0 Å². The molecule has 7 nitrogen and oxygen atoms in total. The number of thioether (sulfide) groups is 1. The van der Waals surface area contributed by atoms with E-state index in [1.807, 2.05) is 0 Å². The largest absolute Gasteiger partial charge is 0.407 e. The van der Waals surface area contributed by atoms with Crippen LogP contribution in [-0.4, -0.2) is 52.0 Å². The van der Waals surface area contributed by atoms with Gasteiger partial charge in [-0.3, -0.25) is 4.57 Å². The second kappa shape index (κ2) is 8.92. The maximum Gasteiger partial charge on any atom is 0.407 e. The number of nitrogens with zero attached hydrogens (tertiary/aromatic N) is 4. The predicted octanol–water partition coefficient (Wildman–Crippen LogP) is 3.71. The zero-order valence-electron chi connectivity index (χ0n) is 16.0. The van der Waals surface area contributed by atoms with Crippen LogP contribution in [0.1, 0.15) is 5.56 Å². The van der Waals surface area contributed by atoms with Crippen molar-refractivity contribution < 1.29 is 18.4 Å². The quantitative estimate of drug-likeness (QED) is 0.527. The molecule has 11 heteroatoms. The molecule has 1 fully saturated rings. The van der Waals surface area contributed by atoms with Gasteiger partial charge in [0.15, 0.2) is 5.16 Å². The average Bonchev–Trinajstić information content (AvgIpc) is 3.12. The van der Waals surface area contributed by atoms with Crippen LogP contribution in [0, 0.1) is 11.3 Å². The van der Waals surface area contributed by atoms with Crippen molar-refractivity contribution in [3.05, 3.63) is 52.8 Å². The lowest BCUT2D eigenvalue weighted by Crippen LogP contribution is -2.46. The average molecular weight is 508 g/mol. The number of piperazine rings is 1. The summed E-state index contributed by atoms with van der Waals surface area (Å²) >= 11 is 3.36. The number of alkyl halides is 2. The third-order valence-corrected chi connectivity index (χ3v) is 6.15. The molecule has 1 aromatic heterocycles. The highest BCUT2D eigenvalue weighted by Crippen LogP contribution is 2.40. The Bertz CT molecular complexity index is 1170. The summed E-state index contributed by atoms with van der Waals surface area (Å²) in [5.74, 6) is -1.64. The summed E-state index contributed by atoms with van der Waals surface area (Å²) in [6.07, 6.45) is 1.38. The second-order valence-electron chi connectivity index (χ2n) is 6.67. The van der Waals surface area contributed by atoms with Crippen LogP contribution in [0.25, 0.3) is 16.5 Å². The van der Waals surface area contributed by atoms with Crippen molar-refractivity contribution in [2.75, 3.05) is 26.2 Å². The minimum atomic E-state index is -3.85. The Hall–Kier alpha value is -2.52. The summed E-state index contributed by atoms with van der Waals surface area (Å²) in [4.78, 5) is 21.1. The topological polar surface area (TPSA) is 83.2 Å². The molecule has 0 spiro atoms. The molecule has 4 rings (SSSR count). The van der Waals surface area contributed by atoms with E-state index in [9.17, 15) is 18.8 Å². The van der Waals surface area contributed by atoms with Crippen molar-refractivity contribution in [1.82, 2.24) is 19.9 Å². The molecule has 1 saturated heterocycles. The van der Waals surface area contributed by atoms with Gasteiger partial charge < -0.3 is 10.2 Å². The molecular formula is C20H16BrF2N5O2S. The van der Waals surface area contributed by atoms with Gasteiger partial charge >= 0.3 is 11.2 Å². The van der Waals surface area contributed by atoms with Gasteiger partial charge in [0.25, 0.3) is 0 Å². The summed E-state index contributed by atoms with van der Waals surface area (Å²) in [7, 11) is 0. The van der Waals surface area contributed by atoms with Crippen molar-refractivity contribution in [3.63, 3.8) is 0 Å². The van der Waals surface area contributed by atoms with Crippen LogP contribution in [0.3, 0.4) is 0 Å². The first kappa shape index (κ1) is 21.7. The van der Waals surface area contributed by atoms with Crippen molar-refractivity contribution in [2.45, 2.75) is 10.4 Å². The molecule has 2 heterocycles. The summed E-state index contributed by atoms with van der Waals surface area (Å²) in [5, 5.41) is 11.1. The highest BCUT2D eigenvalue weighted by Gasteiger charge is 2.45. The fraction of sp³-hybridized carbons (Fsp3) is 0.250. The standard InChI is InChI=1S/C20H16BrF2N5O2S/c21-17-12-26-19(31-20(22,23)18(29)30-27-9-7-25-8-10-27)28(17)16-6-5-13(11-24)14-3-1-2-4-15(14)16/h1-6,12,25H,7-10H2. The van der Waals surface area contributed by atoms with Crippen LogP contribution in [0.4, 0.5) is 8.78 Å². The van der Waals surface area contributed by atoms with E-state index >= 15 is 0 Å². The number of aromatic nitrogens is 2. The molecular weight excluding hydrogens is 492 g/mol. The summed E-state index contributed by atoms with van der Waals surface area (Å²) in [6, 6.07) is 12.6. The van der Waals surface area contributed by atoms with Crippen LogP contribution < -0.4 is 5.32 Å². The Morgan fingerprint density at radius 3 is 2.65 bits per heavy atom. The predicted molar refractivity (Wildman–Crippen MR) is 115 cm³/mol. The van der Waals surface area contributed by atoms with Crippen molar-refractivity contribution in [1.29, 1.82) is 5.26 Å². The highest BCUT2D eigenvalue weighted by molar-refractivity contribution is 9.10. The molecule has 0 amide bonds. The number of imidazole rings is 1. The molecule has 0 atom stereocenters. The number of rotatable bonds is 5. The first-order valence-electron chi connectivity index (χ1n) is 9.31. The lowest BCUT2D eigenvalue weighted by Gasteiger charge is -2.27. The second-order valence-corrected chi connectivity index (χ2v) is 8.56. The van der Waals surface area contributed by atoms with Crippen molar-refractivity contribution >= 4 is 44.4 Å². The molecule has 0 aliphatic carbocycles. The Morgan fingerprint density at radius 1 is 1.23 bits per heavy atom. The molecule has 1 aliphatic rings. The van der Waals surface area contributed by atoms with Crippen molar-refractivity contribution in [2.24, 2.45) is 0 Å². The van der Waals surface area contributed by atoms with Gasteiger partial charge in [-0.2, -0.15) is 14.0 Å². The molecule has 0 bridgehead atoms. The van der Waals surface area contributed by atoms with Gasteiger partial charge in [0.05, 0.1) is 23.5 Å². The fourth-order valence-electron chi connectivity index (χ4n) is 3.24. The van der Waals surface area contributed by atoms with E-state index in [-0.39, 0.29) is 16.9 Å². The Kier molecular flexibility index (Phi) is 6.24. The molecule has 31 heavy (non-hydrogen) atoms. The molecule has 0 unspecified atom stereocenters. The third-order valence-electron chi connectivity index (χ3n) is 4.69. The molecule has 0 saturated carbocycles. The number of hydroxylamine groups is 2. The maximum absolute atomic E-state index is 14.7. The van der Waals surface area contributed by atoms with Gasteiger partial charge in [-0.15, -0.1) is 5.06 Å². The van der Waals surface area contributed by atoms with Crippen LogP contribution in [-0.2, 0) is 9.63 Å². The van der Waals surface area contributed by atoms with Crippen LogP contribution in [0.15, 0.2) is 52.4 Å². The van der Waals surface area contributed by atoms with Gasteiger partial charge in [-0.1, -0.05) is 24.3 Å². The highest BCUT2D eigenvalue weighted by atomic mass is 79.9. The van der Waals surface area contributed by atoms with Crippen molar-refractivity contribution in [3.8, 4) is 11.8 Å². The Balaban J connectivity index is 1.67. The number of nitriles is 1. The molecule has 0 radical (unpaired) electrons. The monoisotopic (exact) mass is 507 g/mol. The first-order valence-corrected chi connectivity index (χ1v) is 10.9. The summed E-state index contributed by atoms with van der Waals surface area (Å²) < 4.78 is 31.4. The lowest BCUT2D eigenvalue weighted by atomic mass is 10.0. The van der Waals surface area contributed by atoms with E-state index in [0.29, 0.717) is 52.8 Å². The van der Waals surface area contributed by atoms with E-state index in [4.69, 9.17) is 4.84 Å². The van der Waals surface area contributed by atoms with Crippen LogP contribution in [0.2, 0.25) is 0 Å². The van der Waals surface area contributed by atoms with E-state index in [0.717, 1.165) is 0 Å². The zero-order valence-corrected chi connectivity index (χ0v) is 18.4.